The second kappa shape index (κ2) is 8.68. The summed E-state index contributed by atoms with van der Waals surface area (Å²) in [4.78, 5) is 0. The van der Waals surface area contributed by atoms with Crippen molar-refractivity contribution in [2.45, 2.75) is 0 Å². The van der Waals surface area contributed by atoms with Gasteiger partial charge in [0.2, 0.25) is 0 Å². The highest BCUT2D eigenvalue weighted by atomic mass is 16.3. The van der Waals surface area contributed by atoms with Crippen molar-refractivity contribution in [1.82, 2.24) is 4.57 Å². The molecular weight excluding hydrogens is 566 g/mol. The summed E-state index contributed by atoms with van der Waals surface area (Å²) < 4.78 is 21.6. The highest BCUT2D eigenvalue weighted by molar-refractivity contribution is 6.27. The summed E-state index contributed by atoms with van der Waals surface area (Å²) in [7, 11) is 0. The molecular formula is C42H23NO3. The molecule has 11 aromatic rings. The van der Waals surface area contributed by atoms with E-state index in [-0.39, 0.29) is 0 Å². The van der Waals surface area contributed by atoms with Crippen LogP contribution in [0, 0.1) is 0 Å². The van der Waals surface area contributed by atoms with Crippen molar-refractivity contribution in [3.05, 3.63) is 140 Å². The lowest BCUT2D eigenvalue weighted by Gasteiger charge is -2.08. The number of aromatic nitrogens is 1. The van der Waals surface area contributed by atoms with Gasteiger partial charge >= 0.3 is 0 Å². The van der Waals surface area contributed by atoms with Gasteiger partial charge in [-0.2, -0.15) is 0 Å². The van der Waals surface area contributed by atoms with Crippen LogP contribution in [0.4, 0.5) is 0 Å². The number of benzene rings is 7. The molecule has 4 heteroatoms. The van der Waals surface area contributed by atoms with Gasteiger partial charge in [-0.1, -0.05) is 78.9 Å². The minimum Gasteiger partial charge on any atom is -0.456 e. The molecule has 0 saturated carbocycles. The fraction of sp³-hybridized carbons (Fsp3) is 0. The Balaban J connectivity index is 1.18. The van der Waals surface area contributed by atoms with Gasteiger partial charge in [0.25, 0.3) is 0 Å². The summed E-state index contributed by atoms with van der Waals surface area (Å²) in [5.41, 5.74) is 10.8. The number of fused-ring (bicyclic) bond motifs is 13. The Morgan fingerprint density at radius 1 is 0.348 bits per heavy atom. The number of rotatable bonds is 2. The third-order valence-corrected chi connectivity index (χ3v) is 9.60. The van der Waals surface area contributed by atoms with Gasteiger partial charge in [0.15, 0.2) is 5.58 Å². The van der Waals surface area contributed by atoms with Crippen LogP contribution in [0.1, 0.15) is 0 Å². The summed E-state index contributed by atoms with van der Waals surface area (Å²) in [5.74, 6) is 0. The molecule has 0 fully saturated rings. The molecule has 0 bridgehead atoms. The molecule has 4 aromatic heterocycles. The van der Waals surface area contributed by atoms with E-state index in [2.05, 4.69) is 120 Å². The van der Waals surface area contributed by atoms with Gasteiger partial charge in [-0.3, -0.25) is 0 Å². The van der Waals surface area contributed by atoms with Gasteiger partial charge in [-0.25, -0.2) is 0 Å². The molecule has 4 nitrogen and oxygen atoms in total. The van der Waals surface area contributed by atoms with Crippen molar-refractivity contribution in [1.29, 1.82) is 0 Å². The van der Waals surface area contributed by atoms with Gasteiger partial charge in [0.1, 0.15) is 27.9 Å². The first-order valence-electron chi connectivity index (χ1n) is 15.5. The number of hydrogen-bond donors (Lipinski definition) is 0. The van der Waals surface area contributed by atoms with Crippen LogP contribution in [0.3, 0.4) is 0 Å². The normalized spacial score (nSPS) is 12.3. The fourth-order valence-electron chi connectivity index (χ4n) is 7.58. The Bertz CT molecular complexity index is 2980. The van der Waals surface area contributed by atoms with E-state index in [9.17, 15) is 0 Å². The molecule has 0 aliphatic carbocycles. The van der Waals surface area contributed by atoms with E-state index >= 15 is 0 Å². The molecule has 0 unspecified atom stereocenters. The molecule has 0 aliphatic rings. The second-order valence-electron chi connectivity index (χ2n) is 12.1. The Labute approximate surface area is 261 Å². The van der Waals surface area contributed by atoms with Crippen LogP contribution < -0.4 is 0 Å². The van der Waals surface area contributed by atoms with E-state index in [4.69, 9.17) is 13.3 Å². The molecule has 0 N–H and O–H groups in total. The lowest BCUT2D eigenvalue weighted by atomic mass is 9.99. The Kier molecular flexibility index (Phi) is 4.55. The smallest absolute Gasteiger partial charge is 0.159 e. The third-order valence-electron chi connectivity index (χ3n) is 9.60. The lowest BCUT2D eigenvalue weighted by molar-refractivity contribution is 0.661. The van der Waals surface area contributed by atoms with Gasteiger partial charge < -0.3 is 17.8 Å². The molecule has 46 heavy (non-hydrogen) atoms. The van der Waals surface area contributed by atoms with Gasteiger partial charge in [-0.05, 0) is 71.8 Å². The first kappa shape index (κ1) is 24.1. The lowest BCUT2D eigenvalue weighted by Crippen LogP contribution is -1.93. The van der Waals surface area contributed by atoms with Crippen molar-refractivity contribution in [2.24, 2.45) is 0 Å². The molecule has 11 rings (SSSR count). The maximum Gasteiger partial charge on any atom is 0.159 e. The first-order chi connectivity index (χ1) is 22.8. The Morgan fingerprint density at radius 3 is 1.63 bits per heavy atom. The summed E-state index contributed by atoms with van der Waals surface area (Å²) in [5, 5.41) is 8.97. The van der Waals surface area contributed by atoms with Crippen molar-refractivity contribution >= 4 is 87.6 Å². The van der Waals surface area contributed by atoms with Gasteiger partial charge in [0.05, 0.1) is 16.7 Å². The zero-order chi connectivity index (χ0) is 29.9. The highest BCUT2D eigenvalue weighted by Gasteiger charge is 2.21. The van der Waals surface area contributed by atoms with Crippen LogP contribution in [0.5, 0.6) is 0 Å². The molecule has 0 atom stereocenters. The van der Waals surface area contributed by atoms with E-state index in [0.717, 1.165) is 93.7 Å². The quantitative estimate of drug-likeness (QED) is 0.201. The van der Waals surface area contributed by atoms with Crippen LogP contribution in [0.15, 0.2) is 153 Å². The topological polar surface area (TPSA) is 44.4 Å². The van der Waals surface area contributed by atoms with Crippen LogP contribution in [0.2, 0.25) is 0 Å². The zero-order valence-electron chi connectivity index (χ0n) is 24.5. The average molecular weight is 590 g/mol. The Hall–Kier alpha value is -6.26. The van der Waals surface area contributed by atoms with Crippen molar-refractivity contribution in [3.63, 3.8) is 0 Å². The Morgan fingerprint density at radius 2 is 0.870 bits per heavy atom. The maximum absolute atomic E-state index is 6.75. The van der Waals surface area contributed by atoms with Crippen molar-refractivity contribution < 1.29 is 13.3 Å². The SMILES string of the molecule is c1ccc2c(c1)oc1ccc(-c3ccc4oc5ccc6oc7c(-n8c9ccccc9c9ccccc98)cccc7c6c5c4c3)cc12. The largest absolute Gasteiger partial charge is 0.456 e. The van der Waals surface area contributed by atoms with E-state index in [1.807, 2.05) is 24.3 Å². The number of hydrogen-bond acceptors (Lipinski definition) is 3. The standard InChI is InChI=1S/C42H23NO3/c1-4-12-32-26(8-1)27-9-2-5-13-33(27)43(32)34-14-7-11-29-40-39(46-42(29)34)21-20-38-41(40)31-23-25(17-19-37(31)45-38)24-16-18-36-30(22-24)28-10-3-6-15-35(28)44-36/h1-23H. The highest BCUT2D eigenvalue weighted by Crippen LogP contribution is 2.44. The summed E-state index contributed by atoms with van der Waals surface area (Å²) >= 11 is 0. The minimum atomic E-state index is 0.843. The second-order valence-corrected chi connectivity index (χ2v) is 12.1. The molecule has 7 aromatic carbocycles. The first-order valence-corrected chi connectivity index (χ1v) is 15.5. The molecule has 214 valence electrons. The van der Waals surface area contributed by atoms with Crippen LogP contribution >= 0.6 is 0 Å². The molecule has 0 amide bonds. The van der Waals surface area contributed by atoms with Crippen LogP contribution in [-0.4, -0.2) is 4.57 Å². The monoisotopic (exact) mass is 589 g/mol. The average Bonchev–Trinajstić information content (AvgIpc) is 3.86. The van der Waals surface area contributed by atoms with E-state index < -0.39 is 0 Å². The summed E-state index contributed by atoms with van der Waals surface area (Å²) in [6, 6.07) is 48.8. The van der Waals surface area contributed by atoms with Crippen molar-refractivity contribution in [2.75, 3.05) is 0 Å². The number of furan rings is 3. The molecule has 0 spiro atoms. The van der Waals surface area contributed by atoms with Crippen LogP contribution in [-0.2, 0) is 0 Å². The fourth-order valence-corrected chi connectivity index (χ4v) is 7.58. The third kappa shape index (κ3) is 3.12. The van der Waals surface area contributed by atoms with Crippen molar-refractivity contribution in [3.8, 4) is 16.8 Å². The van der Waals surface area contributed by atoms with E-state index in [1.165, 1.54) is 10.8 Å². The van der Waals surface area contributed by atoms with E-state index in [0.29, 0.717) is 0 Å². The predicted octanol–water partition coefficient (Wildman–Crippen LogP) is 12.1. The number of nitrogens with zero attached hydrogens (tertiary/aromatic N) is 1. The predicted molar refractivity (Wildman–Crippen MR) is 188 cm³/mol. The molecule has 4 heterocycles. The number of para-hydroxylation sites is 4. The maximum atomic E-state index is 6.75. The zero-order valence-corrected chi connectivity index (χ0v) is 24.5. The minimum absolute atomic E-state index is 0.843. The summed E-state index contributed by atoms with van der Waals surface area (Å²) in [6.07, 6.45) is 0. The van der Waals surface area contributed by atoms with E-state index in [1.54, 1.807) is 0 Å². The van der Waals surface area contributed by atoms with Gasteiger partial charge in [0, 0.05) is 43.1 Å². The molecule has 0 radical (unpaired) electrons. The van der Waals surface area contributed by atoms with Gasteiger partial charge in [-0.15, -0.1) is 0 Å². The van der Waals surface area contributed by atoms with Crippen LogP contribution in [0.25, 0.3) is 104 Å². The molecule has 0 aliphatic heterocycles. The molecule has 0 saturated heterocycles. The summed E-state index contributed by atoms with van der Waals surface area (Å²) in [6.45, 7) is 0.